The molecule has 0 saturated heterocycles. The van der Waals surface area contributed by atoms with E-state index in [-0.39, 0.29) is 17.3 Å². The van der Waals surface area contributed by atoms with Crippen molar-refractivity contribution in [3.8, 4) is 5.75 Å². The normalized spacial score (nSPS) is 11.9. The van der Waals surface area contributed by atoms with Gasteiger partial charge in [0, 0.05) is 18.1 Å². The maximum absolute atomic E-state index is 13.9. The molecule has 0 aliphatic rings. The van der Waals surface area contributed by atoms with Gasteiger partial charge in [0.2, 0.25) is 11.8 Å². The molecule has 1 N–H and O–H groups in total. The van der Waals surface area contributed by atoms with Gasteiger partial charge >= 0.3 is 0 Å². The topological polar surface area (TPSA) is 96.0 Å². The van der Waals surface area contributed by atoms with Gasteiger partial charge in [0.25, 0.3) is 10.0 Å². The van der Waals surface area contributed by atoms with Crippen molar-refractivity contribution in [3.63, 3.8) is 0 Å². The van der Waals surface area contributed by atoms with Crippen molar-refractivity contribution in [1.29, 1.82) is 0 Å². The number of nitrogens with zero attached hydrogens (tertiary/aromatic N) is 2. The fraction of sp³-hybridized carbons (Fsp3) is 0.333. The molecule has 0 saturated carbocycles. The van der Waals surface area contributed by atoms with Crippen LogP contribution in [-0.4, -0.2) is 50.9 Å². The minimum absolute atomic E-state index is 0.0475. The Labute approximate surface area is 241 Å². The van der Waals surface area contributed by atoms with Crippen LogP contribution in [0.1, 0.15) is 39.2 Å². The van der Waals surface area contributed by atoms with E-state index in [1.54, 1.807) is 73.7 Å². The van der Waals surface area contributed by atoms with Gasteiger partial charge in [-0.2, -0.15) is 0 Å². The Morgan fingerprint density at radius 3 is 2.20 bits per heavy atom. The van der Waals surface area contributed by atoms with E-state index in [4.69, 9.17) is 16.3 Å². The number of halogens is 1. The molecule has 3 rings (SSSR count). The van der Waals surface area contributed by atoms with Crippen molar-refractivity contribution < 1.29 is 22.7 Å². The Balaban J connectivity index is 1.98. The SMILES string of the molecule is CCCCNC(=O)[C@H](C)N(Cc1ccc(Cl)cc1)C(=O)CN(c1ccc(OCC)cc1)S(=O)(=O)c1ccccc1. The minimum Gasteiger partial charge on any atom is -0.494 e. The average Bonchev–Trinajstić information content (AvgIpc) is 2.96. The first kappa shape index (κ1) is 31.0. The standard InChI is InChI=1S/C30H36ClN3O5S/c1-4-6-20-32-30(36)23(3)33(21-24-12-14-25(31)15-13-24)29(35)22-34(26-16-18-27(19-17-26)39-5-2)40(37,38)28-10-8-7-9-11-28/h7-19,23H,4-6,20-22H2,1-3H3,(H,32,36)/t23-/m0/s1. The van der Waals surface area contributed by atoms with Crippen molar-refractivity contribution in [3.05, 3.63) is 89.4 Å². The number of anilines is 1. The molecule has 0 unspecified atom stereocenters. The van der Waals surface area contributed by atoms with Crippen molar-refractivity contribution in [2.24, 2.45) is 0 Å². The lowest BCUT2D eigenvalue weighted by atomic mass is 10.1. The predicted molar refractivity (Wildman–Crippen MR) is 158 cm³/mol. The quantitative estimate of drug-likeness (QED) is 0.260. The van der Waals surface area contributed by atoms with Crippen LogP contribution in [0, 0.1) is 0 Å². The number of carbonyl (C=O) groups excluding carboxylic acids is 2. The zero-order valence-electron chi connectivity index (χ0n) is 23.0. The van der Waals surface area contributed by atoms with E-state index in [9.17, 15) is 18.0 Å². The summed E-state index contributed by atoms with van der Waals surface area (Å²) in [7, 11) is -4.12. The number of hydrogen-bond acceptors (Lipinski definition) is 5. The molecule has 0 heterocycles. The number of unbranched alkanes of at least 4 members (excludes halogenated alkanes) is 1. The van der Waals surface area contributed by atoms with Gasteiger partial charge in [-0.25, -0.2) is 8.42 Å². The number of ether oxygens (including phenoxy) is 1. The third kappa shape index (κ3) is 8.22. The molecule has 0 bridgehead atoms. The van der Waals surface area contributed by atoms with Crippen LogP contribution in [0.4, 0.5) is 5.69 Å². The van der Waals surface area contributed by atoms with Crippen molar-refractivity contribution in [2.45, 2.75) is 51.1 Å². The molecule has 0 aliphatic heterocycles. The van der Waals surface area contributed by atoms with Crippen LogP contribution in [0.15, 0.2) is 83.8 Å². The van der Waals surface area contributed by atoms with Crippen LogP contribution in [0.3, 0.4) is 0 Å². The highest BCUT2D eigenvalue weighted by Gasteiger charge is 2.32. The average molecular weight is 586 g/mol. The first-order chi connectivity index (χ1) is 19.2. The lowest BCUT2D eigenvalue weighted by molar-refractivity contribution is -0.139. The highest BCUT2D eigenvalue weighted by Crippen LogP contribution is 2.26. The van der Waals surface area contributed by atoms with E-state index < -0.39 is 28.5 Å². The molecule has 3 aromatic carbocycles. The van der Waals surface area contributed by atoms with Crippen LogP contribution in [0.2, 0.25) is 5.02 Å². The van der Waals surface area contributed by atoms with Gasteiger partial charge < -0.3 is 15.0 Å². The first-order valence-electron chi connectivity index (χ1n) is 13.3. The number of hydrogen-bond donors (Lipinski definition) is 1. The lowest BCUT2D eigenvalue weighted by Gasteiger charge is -2.32. The zero-order chi connectivity index (χ0) is 29.1. The summed E-state index contributed by atoms with van der Waals surface area (Å²) in [6.45, 7) is 6.06. The van der Waals surface area contributed by atoms with Gasteiger partial charge in [-0.15, -0.1) is 0 Å². The number of carbonyl (C=O) groups is 2. The smallest absolute Gasteiger partial charge is 0.264 e. The second-order valence-electron chi connectivity index (χ2n) is 9.22. The maximum Gasteiger partial charge on any atom is 0.264 e. The van der Waals surface area contributed by atoms with Crippen molar-refractivity contribution >= 4 is 39.1 Å². The number of nitrogens with one attached hydrogen (secondary N) is 1. The number of rotatable bonds is 14. The summed E-state index contributed by atoms with van der Waals surface area (Å²) in [6, 6.07) is 20.6. The fourth-order valence-corrected chi connectivity index (χ4v) is 5.59. The van der Waals surface area contributed by atoms with Crippen LogP contribution < -0.4 is 14.4 Å². The Morgan fingerprint density at radius 1 is 0.950 bits per heavy atom. The molecule has 8 nitrogen and oxygen atoms in total. The second-order valence-corrected chi connectivity index (χ2v) is 11.5. The molecule has 0 aromatic heterocycles. The van der Waals surface area contributed by atoms with E-state index in [0.717, 1.165) is 22.7 Å². The van der Waals surface area contributed by atoms with Gasteiger partial charge in [0.1, 0.15) is 18.3 Å². The third-order valence-electron chi connectivity index (χ3n) is 6.31. The number of benzene rings is 3. The molecule has 0 spiro atoms. The van der Waals surface area contributed by atoms with Crippen LogP contribution in [-0.2, 0) is 26.2 Å². The Kier molecular flexibility index (Phi) is 11.4. The highest BCUT2D eigenvalue weighted by atomic mass is 35.5. The fourth-order valence-electron chi connectivity index (χ4n) is 4.03. The molecule has 0 aliphatic carbocycles. The number of sulfonamides is 1. The Morgan fingerprint density at radius 2 is 1.60 bits per heavy atom. The van der Waals surface area contributed by atoms with E-state index in [1.807, 2.05) is 13.8 Å². The van der Waals surface area contributed by atoms with Crippen LogP contribution >= 0.6 is 11.6 Å². The Bertz CT molecular complexity index is 1350. The van der Waals surface area contributed by atoms with Crippen molar-refractivity contribution in [1.82, 2.24) is 10.2 Å². The first-order valence-corrected chi connectivity index (χ1v) is 15.1. The van der Waals surface area contributed by atoms with Gasteiger partial charge in [0.05, 0.1) is 17.2 Å². The van der Waals surface area contributed by atoms with Crippen LogP contribution in [0.5, 0.6) is 5.75 Å². The van der Waals surface area contributed by atoms with Gasteiger partial charge in [0.15, 0.2) is 0 Å². The van der Waals surface area contributed by atoms with E-state index in [1.165, 1.54) is 17.0 Å². The Hall–Kier alpha value is -3.56. The molecule has 10 heteroatoms. The molecule has 0 radical (unpaired) electrons. The number of amides is 2. The maximum atomic E-state index is 13.9. The van der Waals surface area contributed by atoms with Gasteiger partial charge in [-0.05, 0) is 74.4 Å². The molecular formula is C30H36ClN3O5S. The summed E-state index contributed by atoms with van der Waals surface area (Å²) >= 11 is 6.04. The molecule has 3 aromatic rings. The molecule has 1 atom stereocenters. The van der Waals surface area contributed by atoms with E-state index >= 15 is 0 Å². The summed E-state index contributed by atoms with van der Waals surface area (Å²) in [4.78, 5) is 28.4. The summed E-state index contributed by atoms with van der Waals surface area (Å²) in [5.74, 6) is -0.257. The summed E-state index contributed by atoms with van der Waals surface area (Å²) in [5.41, 5.74) is 1.05. The van der Waals surface area contributed by atoms with E-state index in [2.05, 4.69) is 5.32 Å². The summed E-state index contributed by atoms with van der Waals surface area (Å²) in [5, 5.41) is 3.42. The second kappa shape index (κ2) is 14.7. The van der Waals surface area contributed by atoms with Crippen molar-refractivity contribution in [2.75, 3.05) is 24.0 Å². The van der Waals surface area contributed by atoms with E-state index in [0.29, 0.717) is 29.6 Å². The monoisotopic (exact) mass is 585 g/mol. The van der Waals surface area contributed by atoms with Crippen LogP contribution in [0.25, 0.3) is 0 Å². The minimum atomic E-state index is -4.12. The molecule has 214 valence electrons. The highest BCUT2D eigenvalue weighted by molar-refractivity contribution is 7.92. The summed E-state index contributed by atoms with van der Waals surface area (Å²) < 4.78 is 34.2. The van der Waals surface area contributed by atoms with Gasteiger partial charge in [-0.1, -0.05) is 55.3 Å². The third-order valence-corrected chi connectivity index (χ3v) is 8.35. The molecular weight excluding hydrogens is 550 g/mol. The zero-order valence-corrected chi connectivity index (χ0v) is 24.6. The predicted octanol–water partition coefficient (Wildman–Crippen LogP) is 5.27. The summed E-state index contributed by atoms with van der Waals surface area (Å²) in [6.07, 6.45) is 1.72. The molecule has 40 heavy (non-hydrogen) atoms. The van der Waals surface area contributed by atoms with Gasteiger partial charge in [-0.3, -0.25) is 13.9 Å². The lowest BCUT2D eigenvalue weighted by Crippen LogP contribution is -2.51. The largest absolute Gasteiger partial charge is 0.494 e. The molecule has 0 fully saturated rings. The molecule has 2 amide bonds.